The van der Waals surface area contributed by atoms with Crippen molar-refractivity contribution in [1.29, 1.82) is 0 Å². The number of aromatic nitrogens is 1. The number of sulfonamides is 1. The Hall–Kier alpha value is -3.78. The summed E-state index contributed by atoms with van der Waals surface area (Å²) >= 11 is 0. The molecule has 182 valence electrons. The number of benzene rings is 3. The van der Waals surface area contributed by atoms with Crippen molar-refractivity contribution in [3.63, 3.8) is 0 Å². The molecule has 0 aliphatic rings. The van der Waals surface area contributed by atoms with Gasteiger partial charge in [0.15, 0.2) is 0 Å². The van der Waals surface area contributed by atoms with Gasteiger partial charge >= 0.3 is 5.97 Å². The molecule has 0 amide bonds. The Kier molecular flexibility index (Phi) is 6.34. The molecular formula is C27H28N2O5S. The number of hydrogen-bond acceptors (Lipinski definition) is 4. The standard InChI is InChI=1S/C27H28N2O5S/c1-5-34-20-8-6-7-17(15-20)24-22-16-19(11-14-23(22)28-25(24)26(30)31)29-35(32,33)21-12-9-18(10-13-21)27(2,3)4/h6-16,28-29H,5H2,1-4H3,(H,30,31). The third kappa shape index (κ3) is 5.02. The molecule has 0 radical (unpaired) electrons. The number of hydrogen-bond donors (Lipinski definition) is 3. The number of carbonyl (C=O) groups is 1. The SMILES string of the molecule is CCOc1cccc(-c2c(C(=O)O)[nH]c3ccc(NS(=O)(=O)c4ccc(C(C)(C)C)cc4)cc23)c1. The van der Waals surface area contributed by atoms with Crippen molar-refractivity contribution in [2.75, 3.05) is 11.3 Å². The fourth-order valence-electron chi connectivity index (χ4n) is 3.97. The van der Waals surface area contributed by atoms with Crippen molar-refractivity contribution >= 4 is 32.6 Å². The summed E-state index contributed by atoms with van der Waals surface area (Å²) in [5.41, 5.74) is 2.98. The van der Waals surface area contributed by atoms with Crippen LogP contribution in [0.15, 0.2) is 71.6 Å². The molecule has 1 aromatic heterocycles. The topological polar surface area (TPSA) is 108 Å². The van der Waals surface area contributed by atoms with E-state index in [4.69, 9.17) is 4.74 Å². The van der Waals surface area contributed by atoms with Crippen molar-refractivity contribution in [2.45, 2.75) is 38.0 Å². The highest BCUT2D eigenvalue weighted by Crippen LogP contribution is 2.36. The predicted octanol–water partition coefficient (Wildman–Crippen LogP) is 6.03. The van der Waals surface area contributed by atoms with Gasteiger partial charge in [-0.3, -0.25) is 4.72 Å². The number of anilines is 1. The van der Waals surface area contributed by atoms with Crippen LogP contribution in [0.1, 0.15) is 43.7 Å². The molecular weight excluding hydrogens is 464 g/mol. The molecule has 0 aliphatic heterocycles. The molecule has 0 spiro atoms. The zero-order valence-electron chi connectivity index (χ0n) is 20.0. The number of H-pyrrole nitrogens is 1. The van der Waals surface area contributed by atoms with Crippen LogP contribution in [0.2, 0.25) is 0 Å². The van der Waals surface area contributed by atoms with Gasteiger partial charge in [0, 0.05) is 22.2 Å². The first kappa shape index (κ1) is 24.3. The van der Waals surface area contributed by atoms with E-state index in [1.165, 1.54) is 0 Å². The second-order valence-electron chi connectivity index (χ2n) is 9.28. The molecule has 3 aromatic carbocycles. The van der Waals surface area contributed by atoms with Crippen molar-refractivity contribution in [1.82, 2.24) is 4.98 Å². The molecule has 1 heterocycles. The van der Waals surface area contributed by atoms with Crippen LogP contribution in [-0.4, -0.2) is 31.1 Å². The largest absolute Gasteiger partial charge is 0.494 e. The molecule has 35 heavy (non-hydrogen) atoms. The molecule has 4 aromatic rings. The van der Waals surface area contributed by atoms with E-state index in [-0.39, 0.29) is 16.0 Å². The first-order valence-corrected chi connectivity index (χ1v) is 12.7. The van der Waals surface area contributed by atoms with E-state index in [1.807, 2.05) is 19.1 Å². The average molecular weight is 493 g/mol. The van der Waals surface area contributed by atoms with Gasteiger partial charge in [0.25, 0.3) is 10.0 Å². The highest BCUT2D eigenvalue weighted by Gasteiger charge is 2.21. The smallest absolute Gasteiger partial charge is 0.352 e. The first-order valence-electron chi connectivity index (χ1n) is 11.2. The van der Waals surface area contributed by atoms with Gasteiger partial charge in [-0.1, -0.05) is 45.0 Å². The van der Waals surface area contributed by atoms with Crippen molar-refractivity contribution in [3.05, 3.63) is 78.0 Å². The van der Waals surface area contributed by atoms with E-state index in [9.17, 15) is 18.3 Å². The van der Waals surface area contributed by atoms with E-state index in [0.29, 0.717) is 40.1 Å². The molecule has 3 N–H and O–H groups in total. The lowest BCUT2D eigenvalue weighted by Gasteiger charge is -2.19. The quantitative estimate of drug-likeness (QED) is 0.292. The number of aromatic carboxylic acids is 1. The summed E-state index contributed by atoms with van der Waals surface area (Å²) < 4.78 is 34.3. The minimum atomic E-state index is -3.84. The van der Waals surface area contributed by atoms with Gasteiger partial charge in [-0.05, 0) is 65.9 Å². The Morgan fingerprint density at radius 2 is 1.74 bits per heavy atom. The summed E-state index contributed by atoms with van der Waals surface area (Å²) in [5, 5.41) is 10.4. The molecule has 0 fully saturated rings. The van der Waals surface area contributed by atoms with Crippen molar-refractivity contribution in [3.8, 4) is 16.9 Å². The maximum Gasteiger partial charge on any atom is 0.352 e. The van der Waals surface area contributed by atoms with Crippen LogP contribution in [0.3, 0.4) is 0 Å². The fourth-order valence-corrected chi connectivity index (χ4v) is 5.02. The molecule has 7 nitrogen and oxygen atoms in total. The van der Waals surface area contributed by atoms with Crippen LogP contribution in [0.4, 0.5) is 5.69 Å². The summed E-state index contributed by atoms with van der Waals surface area (Å²) in [4.78, 5) is 15.1. The van der Waals surface area contributed by atoms with Gasteiger partial charge < -0.3 is 14.8 Å². The monoisotopic (exact) mass is 492 g/mol. The lowest BCUT2D eigenvalue weighted by atomic mass is 9.87. The number of ether oxygens (including phenoxy) is 1. The number of carboxylic acids is 1. The Morgan fingerprint density at radius 3 is 2.37 bits per heavy atom. The number of rotatable bonds is 7. The van der Waals surface area contributed by atoms with Crippen LogP contribution in [0.25, 0.3) is 22.0 Å². The van der Waals surface area contributed by atoms with Gasteiger partial charge in [-0.2, -0.15) is 0 Å². The van der Waals surface area contributed by atoms with Crippen LogP contribution < -0.4 is 9.46 Å². The van der Waals surface area contributed by atoms with E-state index in [1.54, 1.807) is 54.6 Å². The Labute approximate surface area is 204 Å². The Balaban J connectivity index is 1.76. The minimum Gasteiger partial charge on any atom is -0.494 e. The Bertz CT molecular complexity index is 1500. The van der Waals surface area contributed by atoms with Crippen LogP contribution >= 0.6 is 0 Å². The lowest BCUT2D eigenvalue weighted by molar-refractivity contribution is 0.0692. The number of aromatic amines is 1. The van der Waals surface area contributed by atoms with E-state index in [0.717, 1.165) is 5.56 Å². The highest BCUT2D eigenvalue weighted by molar-refractivity contribution is 7.92. The normalized spacial score (nSPS) is 12.0. The van der Waals surface area contributed by atoms with Gasteiger partial charge in [-0.15, -0.1) is 0 Å². The molecule has 0 saturated carbocycles. The zero-order chi connectivity index (χ0) is 25.4. The number of nitrogens with one attached hydrogen (secondary N) is 2. The molecule has 0 atom stereocenters. The minimum absolute atomic E-state index is 0.0198. The number of carboxylic acid groups (broad SMARTS) is 1. The van der Waals surface area contributed by atoms with Gasteiger partial charge in [0.2, 0.25) is 0 Å². The molecule has 0 saturated heterocycles. The van der Waals surface area contributed by atoms with Crippen LogP contribution in [0, 0.1) is 0 Å². The van der Waals surface area contributed by atoms with Gasteiger partial charge in [0.1, 0.15) is 11.4 Å². The van der Waals surface area contributed by atoms with Crippen LogP contribution in [-0.2, 0) is 15.4 Å². The second-order valence-corrected chi connectivity index (χ2v) is 11.0. The maximum atomic E-state index is 13.1. The second kappa shape index (κ2) is 9.11. The summed E-state index contributed by atoms with van der Waals surface area (Å²) in [7, 11) is -3.84. The summed E-state index contributed by atoms with van der Waals surface area (Å²) in [5.74, 6) is -0.495. The van der Waals surface area contributed by atoms with E-state index >= 15 is 0 Å². The third-order valence-electron chi connectivity index (χ3n) is 5.73. The zero-order valence-corrected chi connectivity index (χ0v) is 20.9. The van der Waals surface area contributed by atoms with Gasteiger partial charge in [0.05, 0.1) is 11.5 Å². The van der Waals surface area contributed by atoms with Gasteiger partial charge in [-0.25, -0.2) is 13.2 Å². The van der Waals surface area contributed by atoms with Crippen molar-refractivity contribution in [2.24, 2.45) is 0 Å². The molecule has 4 rings (SSSR count). The summed E-state index contributed by atoms with van der Waals surface area (Å²) in [6, 6.07) is 18.9. The molecule has 0 bridgehead atoms. The van der Waals surface area contributed by atoms with Crippen LogP contribution in [0.5, 0.6) is 5.75 Å². The third-order valence-corrected chi connectivity index (χ3v) is 7.13. The molecule has 0 unspecified atom stereocenters. The van der Waals surface area contributed by atoms with E-state index in [2.05, 4.69) is 30.5 Å². The average Bonchev–Trinajstić information content (AvgIpc) is 3.18. The Morgan fingerprint density at radius 1 is 1.03 bits per heavy atom. The van der Waals surface area contributed by atoms with E-state index < -0.39 is 16.0 Å². The van der Waals surface area contributed by atoms with Crippen molar-refractivity contribution < 1.29 is 23.1 Å². The maximum absolute atomic E-state index is 13.1. The molecule has 0 aliphatic carbocycles. The summed E-state index contributed by atoms with van der Waals surface area (Å²) in [6.45, 7) is 8.54. The fraction of sp³-hybridized carbons (Fsp3) is 0.222. The highest BCUT2D eigenvalue weighted by atomic mass is 32.2. The number of fused-ring (bicyclic) bond motifs is 1. The first-order chi connectivity index (χ1) is 16.5. The molecule has 8 heteroatoms. The predicted molar refractivity (Wildman–Crippen MR) is 138 cm³/mol. The lowest BCUT2D eigenvalue weighted by Crippen LogP contribution is -2.14. The summed E-state index contributed by atoms with van der Waals surface area (Å²) in [6.07, 6.45) is 0.